The van der Waals surface area contributed by atoms with Gasteiger partial charge in [0, 0.05) is 58.5 Å². The average molecular weight is 267 g/mol. The molecule has 1 saturated heterocycles. The molecule has 2 heterocycles. The van der Waals surface area contributed by atoms with Crippen molar-refractivity contribution in [3.05, 3.63) is 29.8 Å². The van der Waals surface area contributed by atoms with Crippen LogP contribution in [0.25, 0.3) is 0 Å². The first-order valence-corrected chi connectivity index (χ1v) is 8.59. The molecule has 0 amide bonds. The molecule has 92 valence electrons. The lowest BCUT2D eigenvalue weighted by atomic mass is 10.0. The summed E-state index contributed by atoms with van der Waals surface area (Å²) in [4.78, 5) is 3.94. The molecule has 1 fully saturated rings. The van der Waals surface area contributed by atoms with Gasteiger partial charge in [-0.15, -0.1) is 11.8 Å². The van der Waals surface area contributed by atoms with Crippen molar-refractivity contribution < 1.29 is 4.21 Å². The predicted molar refractivity (Wildman–Crippen MR) is 74.2 cm³/mol. The van der Waals surface area contributed by atoms with Gasteiger partial charge in [-0.2, -0.15) is 0 Å². The topological polar surface area (TPSA) is 20.3 Å². The quantitative estimate of drug-likeness (QED) is 0.817. The largest absolute Gasteiger partial charge is 0.301 e. The van der Waals surface area contributed by atoms with Crippen molar-refractivity contribution >= 4 is 22.6 Å². The standard InChI is InChI=1S/C13H17NOS2/c15-17-7-5-14(6-8-17)9-11-10-16-13-4-2-1-3-12(11)13/h1-4,11H,5-10H2. The molecule has 1 aromatic carbocycles. The Balaban J connectivity index is 1.65. The maximum atomic E-state index is 11.3. The molecule has 0 N–H and O–H groups in total. The van der Waals surface area contributed by atoms with E-state index in [1.54, 1.807) is 0 Å². The zero-order valence-corrected chi connectivity index (χ0v) is 11.4. The van der Waals surface area contributed by atoms with Gasteiger partial charge in [-0.25, -0.2) is 0 Å². The summed E-state index contributed by atoms with van der Waals surface area (Å²) in [6.07, 6.45) is 0. The average Bonchev–Trinajstić information content (AvgIpc) is 2.76. The molecule has 2 aliphatic rings. The monoisotopic (exact) mass is 267 g/mol. The van der Waals surface area contributed by atoms with E-state index in [4.69, 9.17) is 0 Å². The second-order valence-electron chi connectivity index (χ2n) is 4.69. The summed E-state index contributed by atoms with van der Waals surface area (Å²) >= 11 is 1.98. The minimum Gasteiger partial charge on any atom is -0.301 e. The maximum absolute atomic E-state index is 11.3. The van der Waals surface area contributed by atoms with E-state index in [1.807, 2.05) is 11.8 Å². The Morgan fingerprint density at radius 3 is 2.88 bits per heavy atom. The van der Waals surface area contributed by atoms with Gasteiger partial charge in [0.1, 0.15) is 0 Å². The molecule has 2 nitrogen and oxygen atoms in total. The summed E-state index contributed by atoms with van der Waals surface area (Å²) in [5.41, 5.74) is 1.52. The Morgan fingerprint density at radius 2 is 2.06 bits per heavy atom. The Hall–Kier alpha value is -0.320. The molecule has 0 bridgehead atoms. The highest BCUT2D eigenvalue weighted by molar-refractivity contribution is 7.99. The highest BCUT2D eigenvalue weighted by atomic mass is 32.2. The van der Waals surface area contributed by atoms with Gasteiger partial charge in [0.25, 0.3) is 0 Å². The third-order valence-corrected chi connectivity index (χ3v) is 6.08. The van der Waals surface area contributed by atoms with Crippen LogP contribution < -0.4 is 0 Å². The third kappa shape index (κ3) is 2.59. The highest BCUT2D eigenvalue weighted by Crippen LogP contribution is 2.39. The maximum Gasteiger partial charge on any atom is 0.0363 e. The SMILES string of the molecule is O=S1CCN(CC2CSc3ccccc32)CC1. The minimum atomic E-state index is -0.556. The second kappa shape index (κ2) is 5.12. The molecule has 3 rings (SSSR count). The smallest absolute Gasteiger partial charge is 0.0363 e. The third-order valence-electron chi connectivity index (χ3n) is 3.55. The van der Waals surface area contributed by atoms with Gasteiger partial charge in [-0.1, -0.05) is 18.2 Å². The van der Waals surface area contributed by atoms with Crippen LogP contribution in [-0.2, 0) is 10.8 Å². The van der Waals surface area contributed by atoms with Crippen LogP contribution in [0, 0.1) is 0 Å². The Bertz CT molecular complexity index is 425. The lowest BCUT2D eigenvalue weighted by Gasteiger charge is -2.28. The zero-order chi connectivity index (χ0) is 11.7. The van der Waals surface area contributed by atoms with E-state index in [0.29, 0.717) is 5.92 Å². The van der Waals surface area contributed by atoms with Crippen LogP contribution in [0.1, 0.15) is 11.5 Å². The van der Waals surface area contributed by atoms with Gasteiger partial charge >= 0.3 is 0 Å². The van der Waals surface area contributed by atoms with E-state index in [2.05, 4.69) is 29.2 Å². The number of nitrogens with zero attached hydrogens (tertiary/aromatic N) is 1. The lowest BCUT2D eigenvalue weighted by Crippen LogP contribution is -2.40. The first kappa shape index (κ1) is 11.8. The van der Waals surface area contributed by atoms with Gasteiger partial charge in [0.2, 0.25) is 0 Å². The summed E-state index contributed by atoms with van der Waals surface area (Å²) in [6, 6.07) is 8.76. The first-order valence-electron chi connectivity index (χ1n) is 6.12. The van der Waals surface area contributed by atoms with E-state index in [1.165, 1.54) is 16.2 Å². The molecule has 1 aromatic rings. The van der Waals surface area contributed by atoms with E-state index in [9.17, 15) is 4.21 Å². The first-order chi connectivity index (χ1) is 8.33. The van der Waals surface area contributed by atoms with E-state index in [0.717, 1.165) is 31.1 Å². The van der Waals surface area contributed by atoms with Crippen LogP contribution in [0.3, 0.4) is 0 Å². The molecule has 0 radical (unpaired) electrons. The molecule has 1 unspecified atom stereocenters. The molecule has 4 heteroatoms. The van der Waals surface area contributed by atoms with Crippen LogP contribution in [0.2, 0.25) is 0 Å². The molecule has 0 aliphatic carbocycles. The summed E-state index contributed by atoms with van der Waals surface area (Å²) < 4.78 is 11.3. The molecule has 0 aromatic heterocycles. The fraction of sp³-hybridized carbons (Fsp3) is 0.538. The van der Waals surface area contributed by atoms with E-state index < -0.39 is 10.8 Å². The van der Waals surface area contributed by atoms with Gasteiger partial charge in [0.15, 0.2) is 0 Å². The lowest BCUT2D eigenvalue weighted by molar-refractivity contribution is 0.286. The number of fused-ring (bicyclic) bond motifs is 1. The van der Waals surface area contributed by atoms with Crippen molar-refractivity contribution in [3.63, 3.8) is 0 Å². The Morgan fingerprint density at radius 1 is 1.29 bits per heavy atom. The van der Waals surface area contributed by atoms with Crippen LogP contribution in [-0.4, -0.2) is 46.0 Å². The van der Waals surface area contributed by atoms with E-state index in [-0.39, 0.29) is 0 Å². The zero-order valence-electron chi connectivity index (χ0n) is 9.80. The second-order valence-corrected chi connectivity index (χ2v) is 7.45. The van der Waals surface area contributed by atoms with Gasteiger partial charge in [0.05, 0.1) is 0 Å². The van der Waals surface area contributed by atoms with Crippen molar-refractivity contribution in [2.24, 2.45) is 0 Å². The van der Waals surface area contributed by atoms with Crippen LogP contribution in [0.5, 0.6) is 0 Å². The van der Waals surface area contributed by atoms with Crippen LogP contribution in [0.15, 0.2) is 29.2 Å². The molecular formula is C13H17NOS2. The summed E-state index contributed by atoms with van der Waals surface area (Å²) in [6.45, 7) is 3.16. The van der Waals surface area contributed by atoms with Crippen LogP contribution in [0.4, 0.5) is 0 Å². The highest BCUT2D eigenvalue weighted by Gasteiger charge is 2.26. The molecule has 0 saturated carbocycles. The number of rotatable bonds is 2. The van der Waals surface area contributed by atoms with Crippen molar-refractivity contribution in [3.8, 4) is 0 Å². The Labute approximate surface area is 109 Å². The fourth-order valence-electron chi connectivity index (χ4n) is 2.55. The molecule has 17 heavy (non-hydrogen) atoms. The molecule has 2 aliphatic heterocycles. The van der Waals surface area contributed by atoms with Crippen molar-refractivity contribution in [2.45, 2.75) is 10.8 Å². The number of hydrogen-bond acceptors (Lipinski definition) is 3. The van der Waals surface area contributed by atoms with Gasteiger partial charge < -0.3 is 4.90 Å². The predicted octanol–water partition coefficient (Wildman–Crippen LogP) is 1.94. The normalized spacial score (nSPS) is 26.0. The minimum absolute atomic E-state index is 0.556. The van der Waals surface area contributed by atoms with Crippen LogP contribution >= 0.6 is 11.8 Å². The van der Waals surface area contributed by atoms with Crippen molar-refractivity contribution in [1.82, 2.24) is 4.90 Å². The van der Waals surface area contributed by atoms with Crippen molar-refractivity contribution in [1.29, 1.82) is 0 Å². The number of hydrogen-bond donors (Lipinski definition) is 0. The summed E-state index contributed by atoms with van der Waals surface area (Å²) in [5, 5.41) is 0. The fourth-order valence-corrected chi connectivity index (χ4v) is 4.92. The summed E-state index contributed by atoms with van der Waals surface area (Å²) in [5.74, 6) is 3.60. The molecule has 1 atom stereocenters. The van der Waals surface area contributed by atoms with Gasteiger partial charge in [-0.05, 0) is 11.6 Å². The van der Waals surface area contributed by atoms with Gasteiger partial charge in [-0.3, -0.25) is 4.21 Å². The molecular weight excluding hydrogens is 250 g/mol. The van der Waals surface area contributed by atoms with E-state index >= 15 is 0 Å². The van der Waals surface area contributed by atoms with Crippen molar-refractivity contribution in [2.75, 3.05) is 36.9 Å². The molecule has 0 spiro atoms. The summed E-state index contributed by atoms with van der Waals surface area (Å²) in [7, 11) is -0.556. The number of thioether (sulfide) groups is 1. The number of benzene rings is 1. The Kier molecular flexibility index (Phi) is 3.54.